The predicted octanol–water partition coefficient (Wildman–Crippen LogP) is 4.08. The maximum atomic E-state index is 13.7. The van der Waals surface area contributed by atoms with Crippen LogP contribution < -0.4 is 4.74 Å². The molecule has 3 aliphatic carbocycles. The van der Waals surface area contributed by atoms with E-state index >= 15 is 0 Å². The Bertz CT molecular complexity index is 1440. The number of methoxy groups -OCH3 is 1. The summed E-state index contributed by atoms with van der Waals surface area (Å²) in [6.07, 6.45) is 5.48. The van der Waals surface area contributed by atoms with E-state index in [0.29, 0.717) is 51.5 Å². The zero-order valence-corrected chi connectivity index (χ0v) is 24.4. The number of unbranched alkanes of at least 4 members (excludes halogenated alkanes) is 2. The second-order valence-electron chi connectivity index (χ2n) is 10.8. The van der Waals surface area contributed by atoms with Crippen LogP contribution in [0.4, 0.5) is 0 Å². The first kappa shape index (κ1) is 28.3. The fourth-order valence-corrected chi connectivity index (χ4v) is 7.29. The predicted molar refractivity (Wildman–Crippen MR) is 152 cm³/mol. The molecule has 0 spiro atoms. The van der Waals surface area contributed by atoms with Gasteiger partial charge in [0.2, 0.25) is 11.8 Å². The summed E-state index contributed by atoms with van der Waals surface area (Å²) in [5.41, 5.74) is 2.62. The number of likely N-dealkylation sites (tertiary alicyclic amines) is 1. The molecule has 10 heteroatoms. The Morgan fingerprint density at radius 3 is 2.55 bits per heavy atom. The van der Waals surface area contributed by atoms with E-state index in [0.717, 1.165) is 5.57 Å². The maximum absolute atomic E-state index is 13.7. The molecule has 4 atom stereocenters. The average Bonchev–Trinajstić information content (AvgIpc) is 3.16. The summed E-state index contributed by atoms with van der Waals surface area (Å²) in [4.78, 5) is 66.0. The maximum Gasteiger partial charge on any atom is 0.303 e. The Morgan fingerprint density at radius 1 is 1.10 bits per heavy atom. The lowest BCUT2D eigenvalue weighted by Crippen LogP contribution is -2.40. The number of carboxylic acid groups (broad SMARTS) is 1. The number of hydrogen-bond donors (Lipinski definition) is 2. The molecule has 5 rings (SSSR count). The van der Waals surface area contributed by atoms with Gasteiger partial charge in [-0.15, -0.1) is 0 Å². The first-order valence-electron chi connectivity index (χ1n) is 13.4. The summed E-state index contributed by atoms with van der Waals surface area (Å²) in [7, 11) is 1.44. The van der Waals surface area contributed by atoms with Crippen molar-refractivity contribution in [2.45, 2.75) is 51.4 Å². The van der Waals surface area contributed by atoms with Gasteiger partial charge in [-0.3, -0.25) is 28.9 Å². The monoisotopic (exact) mass is 659 g/mol. The van der Waals surface area contributed by atoms with Crippen molar-refractivity contribution in [3.05, 3.63) is 55.7 Å². The van der Waals surface area contributed by atoms with Crippen LogP contribution in [0.5, 0.6) is 11.5 Å². The van der Waals surface area contributed by atoms with E-state index in [1.807, 2.05) is 28.7 Å². The Hall–Kier alpha value is -3.28. The molecule has 1 saturated heterocycles. The van der Waals surface area contributed by atoms with Crippen molar-refractivity contribution in [3.63, 3.8) is 0 Å². The third kappa shape index (κ3) is 4.69. The molecule has 210 valence electrons. The molecule has 1 aliphatic heterocycles. The topological polar surface area (TPSA) is 138 Å². The van der Waals surface area contributed by atoms with Gasteiger partial charge in [0.25, 0.3) is 0 Å². The van der Waals surface area contributed by atoms with Crippen molar-refractivity contribution in [2.24, 2.45) is 17.8 Å². The highest BCUT2D eigenvalue weighted by molar-refractivity contribution is 14.1. The van der Waals surface area contributed by atoms with Crippen molar-refractivity contribution in [3.8, 4) is 11.5 Å². The number of carbonyl (C=O) groups is 5. The zero-order chi connectivity index (χ0) is 28.9. The number of ketones is 2. The summed E-state index contributed by atoms with van der Waals surface area (Å²) in [6, 6.07) is 3.43. The number of carboxylic acids is 1. The van der Waals surface area contributed by atoms with Crippen molar-refractivity contribution in [1.82, 2.24) is 4.90 Å². The molecule has 4 aliphatic rings. The molecule has 0 aromatic heterocycles. The number of Topliss-reactive ketones (excluding diaryl/α,β-unsaturated/α-hetero) is 1. The molecule has 1 heterocycles. The Kier molecular flexibility index (Phi) is 7.73. The van der Waals surface area contributed by atoms with Crippen molar-refractivity contribution >= 4 is 51.9 Å². The van der Waals surface area contributed by atoms with Gasteiger partial charge in [-0.25, -0.2) is 0 Å². The number of imide groups is 1. The lowest BCUT2D eigenvalue weighted by molar-refractivity contribution is -0.141. The molecule has 0 bridgehead atoms. The van der Waals surface area contributed by atoms with Crippen LogP contribution >= 0.6 is 22.6 Å². The van der Waals surface area contributed by atoms with Gasteiger partial charge < -0.3 is 14.9 Å². The minimum Gasteiger partial charge on any atom is -0.504 e. The lowest BCUT2D eigenvalue weighted by Gasteiger charge is -2.42. The second kappa shape index (κ2) is 10.9. The number of benzene rings is 1. The Morgan fingerprint density at radius 2 is 1.85 bits per heavy atom. The number of nitrogens with zero attached hydrogens (tertiary/aromatic N) is 1. The molecule has 4 unspecified atom stereocenters. The van der Waals surface area contributed by atoms with Crippen LogP contribution in [0.1, 0.15) is 56.9 Å². The van der Waals surface area contributed by atoms with Crippen LogP contribution in [-0.4, -0.2) is 58.1 Å². The van der Waals surface area contributed by atoms with Crippen LogP contribution in [-0.2, 0) is 24.0 Å². The number of aliphatic carboxylic acids is 1. The minimum absolute atomic E-state index is 0.0243. The second-order valence-corrected chi connectivity index (χ2v) is 12.0. The fourth-order valence-electron chi connectivity index (χ4n) is 6.67. The average molecular weight is 659 g/mol. The number of rotatable bonds is 8. The third-order valence-electron chi connectivity index (χ3n) is 8.53. The van der Waals surface area contributed by atoms with Crippen LogP contribution in [0.2, 0.25) is 0 Å². The van der Waals surface area contributed by atoms with Crippen LogP contribution in [0, 0.1) is 21.3 Å². The number of fused-ring (bicyclic) bond motifs is 3. The van der Waals surface area contributed by atoms with Crippen molar-refractivity contribution in [1.29, 1.82) is 0 Å². The van der Waals surface area contributed by atoms with Crippen LogP contribution in [0.15, 0.2) is 46.6 Å². The number of hydrogen-bond acceptors (Lipinski definition) is 7. The van der Waals surface area contributed by atoms with Gasteiger partial charge in [0, 0.05) is 35.6 Å². The van der Waals surface area contributed by atoms with E-state index in [9.17, 15) is 29.1 Å². The highest BCUT2D eigenvalue weighted by Crippen LogP contribution is 2.55. The number of halogens is 1. The van der Waals surface area contributed by atoms with Gasteiger partial charge in [-0.1, -0.05) is 18.1 Å². The third-order valence-corrected chi connectivity index (χ3v) is 9.35. The minimum atomic E-state index is -0.875. The van der Waals surface area contributed by atoms with Crippen molar-refractivity contribution < 1.29 is 38.9 Å². The highest BCUT2D eigenvalue weighted by Gasteiger charge is 2.56. The van der Waals surface area contributed by atoms with Gasteiger partial charge in [-0.2, -0.15) is 0 Å². The number of amides is 2. The normalized spacial score (nSPS) is 25.8. The quantitative estimate of drug-likeness (QED) is 0.140. The Labute approximate surface area is 245 Å². The summed E-state index contributed by atoms with van der Waals surface area (Å²) >= 11 is 1.99. The summed E-state index contributed by atoms with van der Waals surface area (Å²) in [5, 5.41) is 19.3. The highest BCUT2D eigenvalue weighted by atomic mass is 127. The standard InChI is InChI=1S/C30H30INO8/c1-14-10-21(33)19-13-18-16(24(26(19)27(14)36)15-11-20(31)28(37)22(12-15)40-2)7-8-17-25(18)30(39)32(29(17)38)9-5-3-4-6-23(34)35/h7,10-12,17-18,24-25,37H,3-6,8-9,13H2,1-2H3,(H,34,35). The summed E-state index contributed by atoms with van der Waals surface area (Å²) in [5.74, 6) is -3.88. The molecule has 0 radical (unpaired) electrons. The molecule has 9 nitrogen and oxygen atoms in total. The molecule has 0 saturated carbocycles. The van der Waals surface area contributed by atoms with Crippen LogP contribution in [0.25, 0.3) is 0 Å². The number of aromatic hydroxyl groups is 1. The molecule has 1 aromatic rings. The first-order valence-corrected chi connectivity index (χ1v) is 14.5. The molecular formula is C30H30INO8. The SMILES string of the molecule is COc1cc(C2C3=CCC4C(=O)N(CCCCCC(=O)O)C(=O)C4C3CC3=C2C(=O)C(C)=CC3=O)cc(I)c1O. The largest absolute Gasteiger partial charge is 0.504 e. The van der Waals surface area contributed by atoms with E-state index < -0.39 is 29.6 Å². The van der Waals surface area contributed by atoms with E-state index in [2.05, 4.69) is 0 Å². The number of phenolic OH excluding ortho intramolecular Hbond substituents is 1. The van der Waals surface area contributed by atoms with Gasteiger partial charge >= 0.3 is 5.97 Å². The lowest BCUT2D eigenvalue weighted by atomic mass is 9.59. The number of allylic oxidation sites excluding steroid dienone is 6. The van der Waals surface area contributed by atoms with Gasteiger partial charge in [-0.05, 0) is 84.9 Å². The smallest absolute Gasteiger partial charge is 0.303 e. The number of phenols is 1. The molecule has 2 N–H and O–H groups in total. The molecule has 2 amide bonds. The number of ether oxygens (including phenoxy) is 1. The summed E-state index contributed by atoms with van der Waals surface area (Å²) < 4.78 is 5.91. The van der Waals surface area contributed by atoms with E-state index in [1.54, 1.807) is 19.1 Å². The first-order chi connectivity index (χ1) is 19.0. The molecule has 40 heavy (non-hydrogen) atoms. The zero-order valence-electron chi connectivity index (χ0n) is 22.2. The fraction of sp³-hybridized carbons (Fsp3) is 0.433. The van der Waals surface area contributed by atoms with Gasteiger partial charge in [0.1, 0.15) is 0 Å². The van der Waals surface area contributed by atoms with Gasteiger partial charge in [0.05, 0.1) is 22.5 Å². The molecule has 1 fully saturated rings. The van der Waals surface area contributed by atoms with E-state index in [-0.39, 0.29) is 54.3 Å². The van der Waals surface area contributed by atoms with Gasteiger partial charge in [0.15, 0.2) is 23.1 Å². The van der Waals surface area contributed by atoms with Crippen LogP contribution in [0.3, 0.4) is 0 Å². The summed E-state index contributed by atoms with van der Waals surface area (Å²) in [6.45, 7) is 1.85. The Balaban J connectivity index is 1.53. The van der Waals surface area contributed by atoms with E-state index in [4.69, 9.17) is 9.84 Å². The number of carbonyl (C=O) groups excluding carboxylic acids is 4. The van der Waals surface area contributed by atoms with E-state index in [1.165, 1.54) is 18.1 Å². The van der Waals surface area contributed by atoms with Crippen molar-refractivity contribution in [2.75, 3.05) is 13.7 Å². The molecule has 1 aromatic carbocycles. The molecular weight excluding hydrogens is 629 g/mol.